The minimum absolute atomic E-state index is 0.0314. The highest BCUT2D eigenvalue weighted by Gasteiger charge is 2.19. The van der Waals surface area contributed by atoms with Gasteiger partial charge in [-0.25, -0.2) is 0 Å². The second-order valence-corrected chi connectivity index (χ2v) is 4.17. The summed E-state index contributed by atoms with van der Waals surface area (Å²) in [5, 5.41) is 0. The lowest BCUT2D eigenvalue weighted by Gasteiger charge is -2.31. The molecule has 1 saturated heterocycles. The van der Waals surface area contributed by atoms with E-state index in [1.165, 1.54) is 18.9 Å². The van der Waals surface area contributed by atoms with Gasteiger partial charge in [0.15, 0.2) is 0 Å². The van der Waals surface area contributed by atoms with Crippen molar-refractivity contribution in [2.24, 2.45) is 5.92 Å². The molecule has 0 aromatic carbocycles. The van der Waals surface area contributed by atoms with Crippen molar-refractivity contribution in [2.75, 3.05) is 33.7 Å². The maximum absolute atomic E-state index is 11.2. The molecule has 0 bridgehead atoms. The first kappa shape index (κ1) is 11.2. The number of nitrogens with zero attached hydrogens (tertiary/aromatic N) is 2. The van der Waals surface area contributed by atoms with Crippen molar-refractivity contribution in [2.45, 2.75) is 12.8 Å². The van der Waals surface area contributed by atoms with Crippen LogP contribution in [0.4, 0.5) is 0 Å². The van der Waals surface area contributed by atoms with Gasteiger partial charge in [0, 0.05) is 13.6 Å². The molecule has 0 aromatic rings. The van der Waals surface area contributed by atoms with Crippen LogP contribution < -0.4 is 0 Å². The summed E-state index contributed by atoms with van der Waals surface area (Å²) in [6.45, 7) is 6.67. The number of carbonyl (C=O) groups excluding carboxylic acids is 1. The Morgan fingerprint density at radius 3 is 2.64 bits per heavy atom. The Bertz CT molecular complexity index is 207. The third-order valence-electron chi connectivity index (χ3n) is 2.92. The molecule has 3 heteroatoms. The van der Waals surface area contributed by atoms with E-state index < -0.39 is 0 Å². The molecule has 1 rings (SSSR count). The average molecular weight is 196 g/mol. The number of rotatable bonds is 3. The highest BCUT2D eigenvalue weighted by atomic mass is 16.2. The third kappa shape index (κ3) is 3.14. The molecule has 0 unspecified atom stereocenters. The van der Waals surface area contributed by atoms with Crippen molar-refractivity contribution in [1.82, 2.24) is 9.80 Å². The van der Waals surface area contributed by atoms with Gasteiger partial charge in [-0.3, -0.25) is 4.79 Å². The Morgan fingerprint density at radius 1 is 1.57 bits per heavy atom. The summed E-state index contributed by atoms with van der Waals surface area (Å²) in [5.74, 6) is 0.698. The third-order valence-corrected chi connectivity index (χ3v) is 2.92. The largest absolute Gasteiger partial charge is 0.342 e. The molecule has 80 valence electrons. The SMILES string of the molecule is C=CC(=O)N(C)CC1CCN(C)CC1. The van der Waals surface area contributed by atoms with Gasteiger partial charge in [0.25, 0.3) is 0 Å². The van der Waals surface area contributed by atoms with Crippen LogP contribution in [0.15, 0.2) is 12.7 Å². The maximum atomic E-state index is 11.2. The molecule has 0 N–H and O–H groups in total. The van der Waals surface area contributed by atoms with Crippen molar-refractivity contribution in [3.63, 3.8) is 0 Å². The Labute approximate surface area is 86.4 Å². The van der Waals surface area contributed by atoms with Gasteiger partial charge in [-0.05, 0) is 45.0 Å². The number of likely N-dealkylation sites (tertiary alicyclic amines) is 1. The van der Waals surface area contributed by atoms with Crippen LogP contribution in [0.5, 0.6) is 0 Å². The van der Waals surface area contributed by atoms with Gasteiger partial charge in [-0.15, -0.1) is 0 Å². The van der Waals surface area contributed by atoms with E-state index in [9.17, 15) is 4.79 Å². The lowest BCUT2D eigenvalue weighted by atomic mass is 9.97. The molecule has 1 amide bonds. The molecule has 14 heavy (non-hydrogen) atoms. The summed E-state index contributed by atoms with van der Waals surface area (Å²) in [7, 11) is 4.00. The van der Waals surface area contributed by atoms with Crippen molar-refractivity contribution in [1.29, 1.82) is 0 Å². The van der Waals surface area contributed by atoms with Crippen LogP contribution >= 0.6 is 0 Å². The zero-order chi connectivity index (χ0) is 10.6. The summed E-state index contributed by atoms with van der Waals surface area (Å²) in [5.41, 5.74) is 0. The van der Waals surface area contributed by atoms with Gasteiger partial charge in [0.1, 0.15) is 0 Å². The van der Waals surface area contributed by atoms with Gasteiger partial charge in [0.2, 0.25) is 5.91 Å². The van der Waals surface area contributed by atoms with Crippen molar-refractivity contribution >= 4 is 5.91 Å². The molecule has 0 radical (unpaired) electrons. The summed E-state index contributed by atoms with van der Waals surface area (Å²) in [6, 6.07) is 0. The first-order chi connectivity index (χ1) is 6.63. The number of piperidine rings is 1. The zero-order valence-electron chi connectivity index (χ0n) is 9.20. The van der Waals surface area contributed by atoms with E-state index in [1.807, 2.05) is 7.05 Å². The topological polar surface area (TPSA) is 23.6 Å². The van der Waals surface area contributed by atoms with Gasteiger partial charge in [-0.2, -0.15) is 0 Å². The Kier molecular flexibility index (Phi) is 4.14. The van der Waals surface area contributed by atoms with Crippen molar-refractivity contribution in [3.8, 4) is 0 Å². The lowest BCUT2D eigenvalue weighted by molar-refractivity contribution is -0.125. The fourth-order valence-corrected chi connectivity index (χ4v) is 1.88. The fraction of sp³-hybridized carbons (Fsp3) is 0.727. The van der Waals surface area contributed by atoms with Crippen LogP contribution in [0.1, 0.15) is 12.8 Å². The Hall–Kier alpha value is -0.830. The van der Waals surface area contributed by atoms with E-state index in [-0.39, 0.29) is 5.91 Å². The standard InChI is InChI=1S/C11H20N2O/c1-4-11(14)13(3)9-10-5-7-12(2)8-6-10/h4,10H,1,5-9H2,2-3H3. The van der Waals surface area contributed by atoms with E-state index in [0.29, 0.717) is 5.92 Å². The maximum Gasteiger partial charge on any atom is 0.245 e. The minimum atomic E-state index is 0.0314. The van der Waals surface area contributed by atoms with Crippen LogP contribution in [-0.4, -0.2) is 49.4 Å². The Balaban J connectivity index is 2.30. The predicted molar refractivity (Wildman–Crippen MR) is 58.1 cm³/mol. The fourth-order valence-electron chi connectivity index (χ4n) is 1.88. The van der Waals surface area contributed by atoms with E-state index in [0.717, 1.165) is 19.6 Å². The molecular formula is C11H20N2O. The van der Waals surface area contributed by atoms with E-state index >= 15 is 0 Å². The second-order valence-electron chi connectivity index (χ2n) is 4.17. The number of hydrogen-bond acceptors (Lipinski definition) is 2. The predicted octanol–water partition coefficient (Wildman–Crippen LogP) is 0.973. The highest BCUT2D eigenvalue weighted by Crippen LogP contribution is 2.16. The molecule has 0 spiro atoms. The van der Waals surface area contributed by atoms with Gasteiger partial charge in [0.05, 0.1) is 0 Å². The normalized spacial score (nSPS) is 19.3. The van der Waals surface area contributed by atoms with E-state index in [4.69, 9.17) is 0 Å². The first-order valence-corrected chi connectivity index (χ1v) is 5.19. The number of carbonyl (C=O) groups is 1. The minimum Gasteiger partial charge on any atom is -0.342 e. The molecule has 3 nitrogen and oxygen atoms in total. The Morgan fingerprint density at radius 2 is 2.14 bits per heavy atom. The second kappa shape index (κ2) is 5.15. The smallest absolute Gasteiger partial charge is 0.245 e. The molecule has 0 atom stereocenters. The molecule has 1 heterocycles. The van der Waals surface area contributed by atoms with Crippen LogP contribution in [0.3, 0.4) is 0 Å². The summed E-state index contributed by atoms with van der Waals surface area (Å²) >= 11 is 0. The number of hydrogen-bond donors (Lipinski definition) is 0. The quantitative estimate of drug-likeness (QED) is 0.628. The monoisotopic (exact) mass is 196 g/mol. The van der Waals surface area contributed by atoms with Gasteiger partial charge < -0.3 is 9.80 Å². The van der Waals surface area contributed by atoms with Crippen LogP contribution in [0, 0.1) is 5.92 Å². The molecule has 1 fully saturated rings. The van der Waals surface area contributed by atoms with Gasteiger partial charge >= 0.3 is 0 Å². The number of amides is 1. The van der Waals surface area contributed by atoms with E-state index in [2.05, 4.69) is 18.5 Å². The molecule has 0 aliphatic carbocycles. The first-order valence-electron chi connectivity index (χ1n) is 5.19. The van der Waals surface area contributed by atoms with Crippen molar-refractivity contribution in [3.05, 3.63) is 12.7 Å². The summed E-state index contributed by atoms with van der Waals surface area (Å²) < 4.78 is 0. The van der Waals surface area contributed by atoms with Crippen molar-refractivity contribution < 1.29 is 4.79 Å². The number of likely N-dealkylation sites (N-methyl/N-ethyl adjacent to an activating group) is 1. The van der Waals surface area contributed by atoms with Crippen LogP contribution in [0.2, 0.25) is 0 Å². The molecule has 1 aliphatic heterocycles. The zero-order valence-corrected chi connectivity index (χ0v) is 9.20. The van der Waals surface area contributed by atoms with E-state index in [1.54, 1.807) is 4.90 Å². The average Bonchev–Trinajstić information content (AvgIpc) is 2.20. The van der Waals surface area contributed by atoms with Crippen LogP contribution in [-0.2, 0) is 4.79 Å². The summed E-state index contributed by atoms with van der Waals surface area (Å²) in [4.78, 5) is 15.4. The molecular weight excluding hydrogens is 176 g/mol. The lowest BCUT2D eigenvalue weighted by Crippen LogP contribution is -2.37. The van der Waals surface area contributed by atoms with Crippen LogP contribution in [0.25, 0.3) is 0 Å². The summed E-state index contributed by atoms with van der Waals surface area (Å²) in [6.07, 6.45) is 3.78. The highest BCUT2D eigenvalue weighted by molar-refractivity contribution is 5.86. The molecule has 0 aromatic heterocycles. The molecule has 1 aliphatic rings. The molecule has 0 saturated carbocycles. The van der Waals surface area contributed by atoms with Gasteiger partial charge in [-0.1, -0.05) is 6.58 Å².